The van der Waals surface area contributed by atoms with Crippen molar-refractivity contribution in [2.24, 2.45) is 0 Å². The van der Waals surface area contributed by atoms with Crippen LogP contribution in [-0.4, -0.2) is 18.9 Å². The summed E-state index contributed by atoms with van der Waals surface area (Å²) >= 11 is 0. The Bertz CT molecular complexity index is 3700. The zero-order chi connectivity index (χ0) is 35.8. The molecule has 0 amide bonds. The summed E-state index contributed by atoms with van der Waals surface area (Å²) in [7, 11) is 0. The van der Waals surface area contributed by atoms with E-state index in [1.165, 1.54) is 65.2 Å². The first-order valence-electron chi connectivity index (χ1n) is 18.7. The van der Waals surface area contributed by atoms with Gasteiger partial charge in [0.1, 0.15) is 11.1 Å². The molecule has 0 aliphatic rings. The van der Waals surface area contributed by atoms with Crippen molar-refractivity contribution >= 4 is 92.7 Å². The molecule has 55 heavy (non-hydrogen) atoms. The second-order valence-corrected chi connectivity index (χ2v) is 14.5. The largest absolute Gasteiger partial charge is 0.450 e. The van der Waals surface area contributed by atoms with Crippen LogP contribution < -0.4 is 0 Å². The predicted octanol–water partition coefficient (Wildman–Crippen LogP) is 13.1. The molecule has 0 spiro atoms. The molecule has 0 unspecified atom stereocenters. The van der Waals surface area contributed by atoms with Gasteiger partial charge in [0.2, 0.25) is 0 Å². The molecule has 0 fully saturated rings. The van der Waals surface area contributed by atoms with Crippen LogP contribution in [0.3, 0.4) is 0 Å². The fraction of sp³-hybridized carbons (Fsp3) is 0. The van der Waals surface area contributed by atoms with Crippen molar-refractivity contribution in [1.82, 2.24) is 18.9 Å². The smallest absolute Gasteiger partial charge is 0.197 e. The third-order valence-corrected chi connectivity index (χ3v) is 11.6. The number of nitrogens with zero attached hydrogens (tertiary/aromatic N) is 4. The Morgan fingerprint density at radius 1 is 0.418 bits per heavy atom. The molecule has 5 aromatic heterocycles. The number of hydrogen-bond donors (Lipinski definition) is 0. The molecular formula is C50H28N4O. The number of aromatic nitrogens is 4. The lowest BCUT2D eigenvalue weighted by atomic mass is 10.0. The van der Waals surface area contributed by atoms with Crippen LogP contribution in [0.25, 0.3) is 121 Å². The summed E-state index contributed by atoms with van der Waals surface area (Å²) in [5.41, 5.74) is 11.3. The van der Waals surface area contributed by atoms with Gasteiger partial charge in [0.15, 0.2) is 17.2 Å². The van der Waals surface area contributed by atoms with Crippen LogP contribution >= 0.6 is 0 Å². The first kappa shape index (κ1) is 29.0. The Labute approximate surface area is 313 Å². The van der Waals surface area contributed by atoms with Crippen LogP contribution in [0.15, 0.2) is 174 Å². The van der Waals surface area contributed by atoms with Crippen molar-refractivity contribution in [3.8, 4) is 28.3 Å². The standard InChI is InChI=1S/C50H28N4O/c1-2-12-29(13-3-1)30-22-24-32(25-23-30)49-51-44-36-18-8-11-21-42(36)55-48(44)50(52-49)54-41-20-10-7-17-35(41)39-28-38-34-16-6-9-19-40(34)53-45-33-15-5-4-14-31(33)26-27-37(45)43(46(38)53)47(39)54/h1-28H. The van der Waals surface area contributed by atoms with Gasteiger partial charge < -0.3 is 8.82 Å². The second kappa shape index (κ2) is 10.6. The van der Waals surface area contributed by atoms with Crippen LogP contribution in [0, 0.1) is 0 Å². The molecule has 0 aliphatic heterocycles. The third-order valence-electron chi connectivity index (χ3n) is 11.6. The molecular weight excluding hydrogens is 673 g/mol. The van der Waals surface area contributed by atoms with E-state index in [-0.39, 0.29) is 0 Å². The maximum absolute atomic E-state index is 6.77. The fourth-order valence-corrected chi connectivity index (χ4v) is 9.28. The van der Waals surface area contributed by atoms with Crippen LogP contribution in [-0.2, 0) is 0 Å². The highest BCUT2D eigenvalue weighted by Crippen LogP contribution is 2.48. The van der Waals surface area contributed by atoms with Gasteiger partial charge in [0.05, 0.1) is 27.6 Å². The minimum atomic E-state index is 0.651. The molecule has 0 aliphatic carbocycles. The van der Waals surface area contributed by atoms with Crippen molar-refractivity contribution in [1.29, 1.82) is 0 Å². The van der Waals surface area contributed by atoms with E-state index in [9.17, 15) is 0 Å². The fourth-order valence-electron chi connectivity index (χ4n) is 9.28. The summed E-state index contributed by atoms with van der Waals surface area (Å²) in [5.74, 6) is 1.37. The van der Waals surface area contributed by atoms with Crippen molar-refractivity contribution in [3.63, 3.8) is 0 Å². The average molecular weight is 701 g/mol. The molecule has 0 N–H and O–H groups in total. The summed E-state index contributed by atoms with van der Waals surface area (Å²) in [6.07, 6.45) is 0. The van der Waals surface area contributed by atoms with Gasteiger partial charge in [-0.25, -0.2) is 9.97 Å². The normalized spacial score (nSPS) is 12.4. The van der Waals surface area contributed by atoms with Gasteiger partial charge in [-0.05, 0) is 46.8 Å². The van der Waals surface area contributed by atoms with E-state index in [2.05, 4.69) is 155 Å². The van der Waals surface area contributed by atoms with Gasteiger partial charge in [-0.2, -0.15) is 0 Å². The lowest BCUT2D eigenvalue weighted by Gasteiger charge is -2.11. The summed E-state index contributed by atoms with van der Waals surface area (Å²) < 4.78 is 11.6. The maximum Gasteiger partial charge on any atom is 0.197 e. The Morgan fingerprint density at radius 2 is 1.05 bits per heavy atom. The van der Waals surface area contributed by atoms with E-state index >= 15 is 0 Å². The summed E-state index contributed by atoms with van der Waals surface area (Å²) in [5, 5.41) is 10.7. The molecule has 5 heteroatoms. The van der Waals surface area contributed by atoms with E-state index in [0.29, 0.717) is 11.4 Å². The topological polar surface area (TPSA) is 48.3 Å². The van der Waals surface area contributed by atoms with Gasteiger partial charge in [0.25, 0.3) is 0 Å². The number of benzene rings is 8. The van der Waals surface area contributed by atoms with E-state index in [0.717, 1.165) is 44.5 Å². The number of furan rings is 1. The van der Waals surface area contributed by atoms with E-state index in [1.54, 1.807) is 0 Å². The number of rotatable bonds is 3. The molecule has 0 bridgehead atoms. The Kier molecular flexibility index (Phi) is 5.57. The van der Waals surface area contributed by atoms with Gasteiger partial charge in [0, 0.05) is 48.7 Å². The minimum absolute atomic E-state index is 0.651. The molecule has 254 valence electrons. The van der Waals surface area contributed by atoms with E-state index in [4.69, 9.17) is 14.4 Å². The second-order valence-electron chi connectivity index (χ2n) is 14.5. The van der Waals surface area contributed by atoms with Crippen LogP contribution in [0.1, 0.15) is 0 Å². The highest BCUT2D eigenvalue weighted by atomic mass is 16.3. The van der Waals surface area contributed by atoms with Gasteiger partial charge in [-0.1, -0.05) is 140 Å². The third kappa shape index (κ3) is 3.81. The summed E-state index contributed by atoms with van der Waals surface area (Å²) in [6.45, 7) is 0. The molecule has 5 nitrogen and oxygen atoms in total. The van der Waals surface area contributed by atoms with E-state index < -0.39 is 0 Å². The molecule has 13 aromatic rings. The molecule has 0 radical (unpaired) electrons. The lowest BCUT2D eigenvalue weighted by molar-refractivity contribution is 0.662. The Balaban J connectivity index is 1.22. The van der Waals surface area contributed by atoms with Gasteiger partial charge in [-0.15, -0.1) is 0 Å². The highest BCUT2D eigenvalue weighted by molar-refractivity contribution is 6.36. The van der Waals surface area contributed by atoms with Gasteiger partial charge in [-0.3, -0.25) is 4.57 Å². The molecule has 0 saturated heterocycles. The van der Waals surface area contributed by atoms with Crippen LogP contribution in [0.4, 0.5) is 0 Å². The number of hydrogen-bond acceptors (Lipinski definition) is 3. The lowest BCUT2D eigenvalue weighted by Crippen LogP contribution is -2.02. The van der Waals surface area contributed by atoms with Crippen molar-refractivity contribution in [2.75, 3.05) is 0 Å². The first-order chi connectivity index (χ1) is 27.3. The van der Waals surface area contributed by atoms with E-state index in [1.807, 2.05) is 24.3 Å². The molecule has 5 heterocycles. The molecule has 0 atom stereocenters. The average Bonchev–Trinajstić information content (AvgIpc) is 3.99. The maximum atomic E-state index is 6.77. The molecule has 13 rings (SSSR count). The number of fused-ring (bicyclic) bond motifs is 15. The van der Waals surface area contributed by atoms with Crippen LogP contribution in [0.5, 0.6) is 0 Å². The zero-order valence-electron chi connectivity index (χ0n) is 29.4. The Hall–Kier alpha value is -7.50. The SMILES string of the molecule is c1ccc(-c2ccc(-c3nc(-n4c5ccccc5c5cc6c7ccccc7n7c8c9ccccc9ccc8c(c54)c67)c4oc5ccccc5c4n3)cc2)cc1. The van der Waals surface area contributed by atoms with Crippen molar-refractivity contribution in [3.05, 3.63) is 170 Å². The van der Waals surface area contributed by atoms with Crippen LogP contribution in [0.2, 0.25) is 0 Å². The Morgan fingerprint density at radius 3 is 1.89 bits per heavy atom. The van der Waals surface area contributed by atoms with Crippen molar-refractivity contribution in [2.45, 2.75) is 0 Å². The highest BCUT2D eigenvalue weighted by Gasteiger charge is 2.27. The first-order valence-corrected chi connectivity index (χ1v) is 18.7. The monoisotopic (exact) mass is 700 g/mol. The summed E-state index contributed by atoms with van der Waals surface area (Å²) in [4.78, 5) is 10.7. The molecule has 8 aromatic carbocycles. The predicted molar refractivity (Wildman–Crippen MR) is 227 cm³/mol. The van der Waals surface area contributed by atoms with Gasteiger partial charge >= 0.3 is 0 Å². The zero-order valence-corrected chi connectivity index (χ0v) is 29.4. The minimum Gasteiger partial charge on any atom is -0.450 e. The summed E-state index contributed by atoms with van der Waals surface area (Å²) in [6, 6.07) is 60.4. The quantitative estimate of drug-likeness (QED) is 0.184. The van der Waals surface area contributed by atoms with Crippen molar-refractivity contribution < 1.29 is 4.42 Å². The molecule has 0 saturated carbocycles. The number of para-hydroxylation sites is 3.